The molecule has 0 radical (unpaired) electrons. The maximum atomic E-state index is 12.5. The molecular formula is C19H13ClF3N3O. The van der Waals surface area contributed by atoms with E-state index in [4.69, 9.17) is 11.6 Å². The number of alkyl halides is 3. The smallest absolute Gasteiger partial charge is 0.282 e. The zero-order valence-corrected chi connectivity index (χ0v) is 14.5. The van der Waals surface area contributed by atoms with Gasteiger partial charge in [0.1, 0.15) is 5.82 Å². The molecule has 0 fully saturated rings. The second-order valence-corrected chi connectivity index (χ2v) is 5.98. The van der Waals surface area contributed by atoms with Crippen molar-refractivity contribution in [2.45, 2.75) is 6.18 Å². The van der Waals surface area contributed by atoms with Gasteiger partial charge in [0.15, 0.2) is 0 Å². The minimum absolute atomic E-state index is 0.0617. The molecule has 0 spiro atoms. The largest absolute Gasteiger partial charge is 0.417 e. The van der Waals surface area contributed by atoms with Gasteiger partial charge in [-0.25, -0.2) is 4.98 Å². The Morgan fingerprint density at radius 2 is 1.70 bits per heavy atom. The van der Waals surface area contributed by atoms with Crippen molar-refractivity contribution in [3.8, 4) is 11.1 Å². The Labute approximate surface area is 158 Å². The number of rotatable bonds is 4. The maximum absolute atomic E-state index is 12.5. The lowest BCUT2D eigenvalue weighted by Crippen LogP contribution is -2.30. The molecule has 1 amide bonds. The van der Waals surface area contributed by atoms with Crippen molar-refractivity contribution in [2.75, 3.05) is 5.43 Å². The minimum Gasteiger partial charge on any atom is -0.282 e. The number of carbonyl (C=O) groups excluding carboxylic acids is 1. The van der Waals surface area contributed by atoms with Crippen LogP contribution in [0.1, 0.15) is 15.9 Å². The zero-order chi connectivity index (χ0) is 19.4. The molecule has 0 aliphatic carbocycles. The van der Waals surface area contributed by atoms with E-state index in [9.17, 15) is 18.0 Å². The second kappa shape index (κ2) is 7.67. The molecule has 27 heavy (non-hydrogen) atoms. The molecule has 0 bridgehead atoms. The highest BCUT2D eigenvalue weighted by atomic mass is 35.5. The van der Waals surface area contributed by atoms with Gasteiger partial charge < -0.3 is 0 Å². The maximum Gasteiger partial charge on any atom is 0.417 e. The molecule has 3 rings (SSSR count). The summed E-state index contributed by atoms with van der Waals surface area (Å²) in [7, 11) is 0. The van der Waals surface area contributed by atoms with E-state index in [0.717, 1.165) is 23.3 Å². The lowest BCUT2D eigenvalue weighted by atomic mass is 10.0. The predicted molar refractivity (Wildman–Crippen MR) is 97.2 cm³/mol. The van der Waals surface area contributed by atoms with E-state index in [1.54, 1.807) is 18.2 Å². The van der Waals surface area contributed by atoms with E-state index in [0.29, 0.717) is 6.20 Å². The number of pyridine rings is 1. The van der Waals surface area contributed by atoms with Crippen LogP contribution >= 0.6 is 11.6 Å². The van der Waals surface area contributed by atoms with Crippen LogP contribution < -0.4 is 10.9 Å². The zero-order valence-electron chi connectivity index (χ0n) is 13.7. The normalized spacial score (nSPS) is 11.1. The lowest BCUT2D eigenvalue weighted by molar-refractivity contribution is -0.137. The Morgan fingerprint density at radius 3 is 2.33 bits per heavy atom. The molecule has 0 saturated carbocycles. The fraction of sp³-hybridized carbons (Fsp3) is 0.0526. The number of carbonyl (C=O) groups is 1. The summed E-state index contributed by atoms with van der Waals surface area (Å²) in [6, 6.07) is 16.4. The third-order valence-electron chi connectivity index (χ3n) is 3.71. The van der Waals surface area contributed by atoms with Gasteiger partial charge in [-0.15, -0.1) is 0 Å². The standard InChI is InChI=1S/C19H13ClF3N3O/c20-16-8-6-13(12-4-2-1-3-5-12)10-15(16)18(27)26-25-17-9-7-14(11-24-17)19(21,22)23/h1-11H,(H,24,25)(H,26,27). The van der Waals surface area contributed by atoms with Gasteiger partial charge in [-0.05, 0) is 35.4 Å². The molecule has 2 N–H and O–H groups in total. The number of aromatic nitrogens is 1. The van der Waals surface area contributed by atoms with Crippen molar-refractivity contribution in [3.63, 3.8) is 0 Å². The number of amides is 1. The highest BCUT2D eigenvalue weighted by molar-refractivity contribution is 6.34. The molecular weight excluding hydrogens is 379 g/mol. The lowest BCUT2D eigenvalue weighted by Gasteiger charge is -2.11. The van der Waals surface area contributed by atoms with E-state index in [1.807, 2.05) is 30.3 Å². The van der Waals surface area contributed by atoms with Gasteiger partial charge in [0, 0.05) is 6.20 Å². The first-order valence-electron chi connectivity index (χ1n) is 7.79. The number of nitrogens with zero attached hydrogens (tertiary/aromatic N) is 1. The molecule has 0 aliphatic heterocycles. The first-order valence-corrected chi connectivity index (χ1v) is 8.17. The summed E-state index contributed by atoms with van der Waals surface area (Å²) < 4.78 is 37.6. The molecule has 138 valence electrons. The van der Waals surface area contributed by atoms with E-state index in [-0.39, 0.29) is 16.4 Å². The summed E-state index contributed by atoms with van der Waals surface area (Å²) >= 11 is 6.10. The predicted octanol–water partition coefficient (Wildman–Crippen LogP) is 5.18. The van der Waals surface area contributed by atoms with Crippen molar-refractivity contribution < 1.29 is 18.0 Å². The van der Waals surface area contributed by atoms with E-state index in [2.05, 4.69) is 15.8 Å². The average molecular weight is 392 g/mol. The van der Waals surface area contributed by atoms with Gasteiger partial charge in [-0.3, -0.25) is 15.6 Å². The van der Waals surface area contributed by atoms with Crippen molar-refractivity contribution in [1.82, 2.24) is 10.4 Å². The molecule has 0 aliphatic rings. The topological polar surface area (TPSA) is 54.0 Å². The Bertz CT molecular complexity index is 945. The fourth-order valence-electron chi connectivity index (χ4n) is 2.33. The summed E-state index contributed by atoms with van der Waals surface area (Å²) in [6.07, 6.45) is -3.79. The third-order valence-corrected chi connectivity index (χ3v) is 4.04. The second-order valence-electron chi connectivity index (χ2n) is 5.57. The van der Waals surface area contributed by atoms with E-state index >= 15 is 0 Å². The Morgan fingerprint density at radius 1 is 0.963 bits per heavy atom. The number of halogens is 4. The van der Waals surface area contributed by atoms with Crippen LogP contribution in [0, 0.1) is 0 Å². The van der Waals surface area contributed by atoms with Crippen LogP contribution in [0.2, 0.25) is 5.02 Å². The van der Waals surface area contributed by atoms with Crippen LogP contribution in [0.25, 0.3) is 11.1 Å². The number of hydrogen-bond donors (Lipinski definition) is 2. The molecule has 8 heteroatoms. The summed E-state index contributed by atoms with van der Waals surface area (Å²) in [5.74, 6) is -0.480. The fourth-order valence-corrected chi connectivity index (χ4v) is 2.54. The summed E-state index contributed by atoms with van der Waals surface area (Å²) in [6.45, 7) is 0. The Balaban J connectivity index is 1.73. The van der Waals surface area contributed by atoms with Crippen LogP contribution in [0.3, 0.4) is 0 Å². The van der Waals surface area contributed by atoms with Crippen LogP contribution in [-0.2, 0) is 6.18 Å². The van der Waals surface area contributed by atoms with Gasteiger partial charge in [0.05, 0.1) is 16.1 Å². The van der Waals surface area contributed by atoms with Gasteiger partial charge in [-0.2, -0.15) is 13.2 Å². The summed E-state index contributed by atoms with van der Waals surface area (Å²) in [5, 5.41) is 0.245. The Hall–Kier alpha value is -3.06. The molecule has 1 aromatic heterocycles. The van der Waals surface area contributed by atoms with Crippen molar-refractivity contribution in [3.05, 3.63) is 83.0 Å². The van der Waals surface area contributed by atoms with Gasteiger partial charge in [0.2, 0.25) is 0 Å². The Kier molecular flexibility index (Phi) is 5.32. The molecule has 4 nitrogen and oxygen atoms in total. The SMILES string of the molecule is O=C(NNc1ccc(C(F)(F)F)cn1)c1cc(-c2ccccc2)ccc1Cl. The van der Waals surface area contributed by atoms with Crippen LogP contribution in [-0.4, -0.2) is 10.9 Å². The molecule has 2 aromatic carbocycles. The quantitative estimate of drug-likeness (QED) is 0.603. The van der Waals surface area contributed by atoms with Crippen molar-refractivity contribution >= 4 is 23.3 Å². The first kappa shape index (κ1) is 18.7. The van der Waals surface area contributed by atoms with Crippen molar-refractivity contribution in [2.24, 2.45) is 0 Å². The van der Waals surface area contributed by atoms with Crippen LogP contribution in [0.4, 0.5) is 19.0 Å². The van der Waals surface area contributed by atoms with Gasteiger partial charge >= 0.3 is 6.18 Å². The number of nitrogens with one attached hydrogen (secondary N) is 2. The molecule has 3 aromatic rings. The summed E-state index contributed by atoms with van der Waals surface area (Å²) in [4.78, 5) is 16.0. The first-order chi connectivity index (χ1) is 12.8. The third kappa shape index (κ3) is 4.57. The molecule has 0 unspecified atom stereocenters. The van der Waals surface area contributed by atoms with Crippen LogP contribution in [0.5, 0.6) is 0 Å². The average Bonchev–Trinajstić information content (AvgIpc) is 2.67. The number of hydrogen-bond acceptors (Lipinski definition) is 3. The van der Waals surface area contributed by atoms with Gasteiger partial charge in [-0.1, -0.05) is 48.0 Å². The highest BCUT2D eigenvalue weighted by Crippen LogP contribution is 2.29. The molecule has 0 atom stereocenters. The minimum atomic E-state index is -4.47. The van der Waals surface area contributed by atoms with Gasteiger partial charge in [0.25, 0.3) is 5.91 Å². The summed E-state index contributed by atoms with van der Waals surface area (Å²) in [5.41, 5.74) is 5.91. The monoisotopic (exact) mass is 391 g/mol. The molecule has 1 heterocycles. The number of hydrazine groups is 1. The number of anilines is 1. The van der Waals surface area contributed by atoms with Crippen molar-refractivity contribution in [1.29, 1.82) is 0 Å². The molecule has 0 saturated heterocycles. The van der Waals surface area contributed by atoms with E-state index in [1.165, 1.54) is 0 Å². The van der Waals surface area contributed by atoms with E-state index < -0.39 is 17.6 Å². The highest BCUT2D eigenvalue weighted by Gasteiger charge is 2.30. The van der Waals surface area contributed by atoms with Crippen LogP contribution in [0.15, 0.2) is 66.9 Å². The number of benzene rings is 2.